The molecule has 0 unspecified atom stereocenters. The lowest BCUT2D eigenvalue weighted by molar-refractivity contribution is 0.364. The Balaban J connectivity index is 1.59. The number of unbranched alkanes of at least 4 members (excludes halogenated alkanes) is 1. The Morgan fingerprint density at radius 1 is 0.833 bits per heavy atom. The van der Waals surface area contributed by atoms with E-state index in [0.29, 0.717) is 23.5 Å². The Kier molecular flexibility index (Phi) is 8.18. The molecule has 3 heteroatoms. The van der Waals surface area contributed by atoms with Gasteiger partial charge in [0.2, 0.25) is 0 Å². The maximum atomic E-state index is 14.6. The Labute approximate surface area is 179 Å². The molecular formula is C27H33F3. The molecule has 0 radical (unpaired) electrons. The van der Waals surface area contributed by atoms with Gasteiger partial charge in [-0.1, -0.05) is 63.1 Å². The van der Waals surface area contributed by atoms with E-state index in [9.17, 15) is 13.2 Å². The molecule has 0 spiro atoms. The summed E-state index contributed by atoms with van der Waals surface area (Å²) in [4.78, 5) is 0. The van der Waals surface area contributed by atoms with Crippen molar-refractivity contribution < 1.29 is 13.2 Å². The molecule has 2 aromatic carbocycles. The molecule has 0 bridgehead atoms. The molecule has 0 atom stereocenters. The maximum absolute atomic E-state index is 14.6. The fourth-order valence-corrected chi connectivity index (χ4v) is 4.49. The van der Waals surface area contributed by atoms with E-state index in [2.05, 4.69) is 6.08 Å². The Hall–Kier alpha value is -2.03. The van der Waals surface area contributed by atoms with E-state index in [1.54, 1.807) is 18.2 Å². The van der Waals surface area contributed by atoms with Gasteiger partial charge in [-0.25, -0.2) is 13.2 Å². The molecule has 0 saturated heterocycles. The maximum Gasteiger partial charge on any atom is 0.162 e. The first-order chi connectivity index (χ1) is 14.5. The van der Waals surface area contributed by atoms with Crippen molar-refractivity contribution in [1.29, 1.82) is 0 Å². The van der Waals surface area contributed by atoms with E-state index in [4.69, 9.17) is 0 Å². The second-order valence-corrected chi connectivity index (χ2v) is 8.62. The first-order valence-corrected chi connectivity index (χ1v) is 11.5. The van der Waals surface area contributed by atoms with Crippen LogP contribution in [0.15, 0.2) is 36.4 Å². The average Bonchev–Trinajstić information content (AvgIpc) is 2.76. The van der Waals surface area contributed by atoms with Crippen LogP contribution in [-0.2, 0) is 12.8 Å². The quantitative estimate of drug-likeness (QED) is 0.407. The van der Waals surface area contributed by atoms with Crippen molar-refractivity contribution in [2.24, 2.45) is 5.92 Å². The zero-order valence-electron chi connectivity index (χ0n) is 18.2. The number of allylic oxidation sites excluding steroid dienone is 1. The van der Waals surface area contributed by atoms with Crippen molar-refractivity contribution in [3.63, 3.8) is 0 Å². The van der Waals surface area contributed by atoms with E-state index in [1.165, 1.54) is 0 Å². The fourth-order valence-electron chi connectivity index (χ4n) is 4.49. The Bertz CT molecular complexity index is 861. The van der Waals surface area contributed by atoms with Crippen molar-refractivity contribution in [2.75, 3.05) is 0 Å². The van der Waals surface area contributed by atoms with Crippen LogP contribution in [0.3, 0.4) is 0 Å². The molecular weight excluding hydrogens is 381 g/mol. The van der Waals surface area contributed by atoms with Gasteiger partial charge < -0.3 is 0 Å². The minimum atomic E-state index is -0.656. The van der Waals surface area contributed by atoms with Crippen LogP contribution >= 0.6 is 0 Å². The van der Waals surface area contributed by atoms with E-state index in [-0.39, 0.29) is 11.7 Å². The van der Waals surface area contributed by atoms with E-state index in [0.717, 1.165) is 62.5 Å². The first kappa shape index (κ1) is 22.7. The summed E-state index contributed by atoms with van der Waals surface area (Å²) in [5.41, 5.74) is 2.67. The highest BCUT2D eigenvalue weighted by Gasteiger charge is 2.25. The molecule has 0 nitrogen and oxygen atoms in total. The van der Waals surface area contributed by atoms with Crippen LogP contribution in [0, 0.1) is 23.4 Å². The third kappa shape index (κ3) is 5.56. The SMILES string of the molecule is CCCCc1ccc(C2CCC(/C=C/c3ccc(CCC)c(F)c3)CC2)c(F)c1F. The summed E-state index contributed by atoms with van der Waals surface area (Å²) in [6, 6.07) is 9.01. The lowest BCUT2D eigenvalue weighted by Crippen LogP contribution is -2.14. The molecule has 1 saturated carbocycles. The van der Waals surface area contributed by atoms with Crippen LogP contribution in [-0.4, -0.2) is 0 Å². The summed E-state index contributed by atoms with van der Waals surface area (Å²) in [6.45, 7) is 4.10. The van der Waals surface area contributed by atoms with Gasteiger partial charge >= 0.3 is 0 Å². The average molecular weight is 415 g/mol. The third-order valence-corrected chi connectivity index (χ3v) is 6.36. The van der Waals surface area contributed by atoms with Crippen LogP contribution in [0.1, 0.15) is 87.0 Å². The molecule has 0 N–H and O–H groups in total. The van der Waals surface area contributed by atoms with Crippen molar-refractivity contribution in [1.82, 2.24) is 0 Å². The van der Waals surface area contributed by atoms with Gasteiger partial charge in [-0.2, -0.15) is 0 Å². The number of benzene rings is 2. The largest absolute Gasteiger partial charge is 0.207 e. The van der Waals surface area contributed by atoms with Gasteiger partial charge in [0.15, 0.2) is 11.6 Å². The number of halogens is 3. The summed E-state index contributed by atoms with van der Waals surface area (Å²) in [5.74, 6) is -0.962. The molecule has 30 heavy (non-hydrogen) atoms. The molecule has 1 fully saturated rings. The van der Waals surface area contributed by atoms with Crippen LogP contribution in [0.4, 0.5) is 13.2 Å². The molecule has 1 aliphatic carbocycles. The Morgan fingerprint density at radius 3 is 2.23 bits per heavy atom. The summed E-state index contributed by atoms with van der Waals surface area (Å²) in [5, 5.41) is 0. The molecule has 1 aliphatic rings. The molecule has 0 amide bonds. The highest BCUT2D eigenvalue weighted by atomic mass is 19.2. The summed E-state index contributed by atoms with van der Waals surface area (Å²) < 4.78 is 43.2. The van der Waals surface area contributed by atoms with Crippen LogP contribution in [0.2, 0.25) is 0 Å². The molecule has 0 aliphatic heterocycles. The van der Waals surface area contributed by atoms with Crippen molar-refractivity contribution in [3.8, 4) is 0 Å². The Morgan fingerprint density at radius 2 is 1.57 bits per heavy atom. The zero-order chi connectivity index (χ0) is 21.5. The van der Waals surface area contributed by atoms with Gasteiger partial charge in [0.05, 0.1) is 0 Å². The third-order valence-electron chi connectivity index (χ3n) is 6.36. The van der Waals surface area contributed by atoms with Gasteiger partial charge in [0, 0.05) is 0 Å². The minimum Gasteiger partial charge on any atom is -0.207 e. The molecule has 3 rings (SSSR count). The minimum absolute atomic E-state index is 0.0788. The zero-order valence-corrected chi connectivity index (χ0v) is 18.2. The molecule has 162 valence electrons. The summed E-state index contributed by atoms with van der Waals surface area (Å²) >= 11 is 0. The highest BCUT2D eigenvalue weighted by molar-refractivity contribution is 5.50. The van der Waals surface area contributed by atoms with Gasteiger partial charge in [0.1, 0.15) is 5.82 Å². The van der Waals surface area contributed by atoms with E-state index in [1.807, 2.05) is 32.1 Å². The van der Waals surface area contributed by atoms with Gasteiger partial charge in [-0.05, 0) is 85.1 Å². The predicted molar refractivity (Wildman–Crippen MR) is 119 cm³/mol. The standard InChI is InChI=1S/C27H33F3/c1-3-5-7-23-16-17-24(27(30)26(23)29)21-13-10-19(11-14-21)8-9-20-12-15-22(6-4-2)25(28)18-20/h8-9,12,15-19,21H,3-7,10-11,13-14H2,1-2H3/b9-8+. The molecule has 2 aromatic rings. The normalized spacial score (nSPS) is 19.5. The predicted octanol–water partition coefficient (Wildman–Crippen LogP) is 8.39. The second-order valence-electron chi connectivity index (χ2n) is 8.62. The number of hydrogen-bond acceptors (Lipinski definition) is 0. The van der Waals surface area contributed by atoms with Crippen molar-refractivity contribution >= 4 is 6.08 Å². The number of hydrogen-bond donors (Lipinski definition) is 0. The van der Waals surface area contributed by atoms with Gasteiger partial charge in [-0.3, -0.25) is 0 Å². The van der Waals surface area contributed by atoms with Crippen molar-refractivity contribution in [3.05, 3.63) is 76.1 Å². The van der Waals surface area contributed by atoms with Gasteiger partial charge in [-0.15, -0.1) is 0 Å². The van der Waals surface area contributed by atoms with Crippen LogP contribution < -0.4 is 0 Å². The van der Waals surface area contributed by atoms with Crippen molar-refractivity contribution in [2.45, 2.75) is 77.6 Å². The second kappa shape index (κ2) is 10.8. The smallest absolute Gasteiger partial charge is 0.162 e. The topological polar surface area (TPSA) is 0 Å². The lowest BCUT2D eigenvalue weighted by Gasteiger charge is -2.27. The van der Waals surface area contributed by atoms with Gasteiger partial charge in [0.25, 0.3) is 0 Å². The van der Waals surface area contributed by atoms with Crippen LogP contribution in [0.5, 0.6) is 0 Å². The number of rotatable bonds is 8. The van der Waals surface area contributed by atoms with E-state index >= 15 is 0 Å². The lowest BCUT2D eigenvalue weighted by atomic mass is 9.78. The first-order valence-electron chi connectivity index (χ1n) is 11.5. The monoisotopic (exact) mass is 414 g/mol. The molecule has 0 heterocycles. The number of aryl methyl sites for hydroxylation is 2. The molecule has 0 aromatic heterocycles. The fraction of sp³-hybridized carbons (Fsp3) is 0.481. The summed E-state index contributed by atoms with van der Waals surface area (Å²) in [6.07, 6.45) is 11.9. The highest BCUT2D eigenvalue weighted by Crippen LogP contribution is 2.38. The van der Waals surface area contributed by atoms with E-state index < -0.39 is 11.6 Å². The summed E-state index contributed by atoms with van der Waals surface area (Å²) in [7, 11) is 0. The van der Waals surface area contributed by atoms with Crippen LogP contribution in [0.25, 0.3) is 6.08 Å².